The van der Waals surface area contributed by atoms with Crippen molar-refractivity contribution in [2.75, 3.05) is 13.2 Å². The standard InChI is InChI=1S/C14H19N3O2/c1-4-11-8-15-13(16-11)12-6-5-7-17(12)14(18)19-9-10(2)3/h1,8,10,12H,5-7,9H2,2-3H3,(H,15,16)/t12-/m0/s1. The van der Waals surface area contributed by atoms with Crippen molar-refractivity contribution < 1.29 is 9.53 Å². The Kier molecular flexibility index (Phi) is 4.10. The summed E-state index contributed by atoms with van der Waals surface area (Å²) in [6, 6.07) is -0.0539. The third-order valence-electron chi connectivity index (χ3n) is 3.09. The Balaban J connectivity index is 2.04. The molecule has 1 aromatic rings. The first-order valence-electron chi connectivity index (χ1n) is 6.56. The third-order valence-corrected chi connectivity index (χ3v) is 3.09. The van der Waals surface area contributed by atoms with E-state index >= 15 is 0 Å². The highest BCUT2D eigenvalue weighted by molar-refractivity contribution is 5.68. The summed E-state index contributed by atoms with van der Waals surface area (Å²) in [6.07, 6.45) is 8.49. The summed E-state index contributed by atoms with van der Waals surface area (Å²) in [5, 5.41) is 0. The molecule has 1 fully saturated rings. The van der Waals surface area contributed by atoms with E-state index in [1.54, 1.807) is 11.1 Å². The van der Waals surface area contributed by atoms with Gasteiger partial charge in [-0.2, -0.15) is 0 Å². The lowest BCUT2D eigenvalue weighted by Crippen LogP contribution is -2.32. The van der Waals surface area contributed by atoms with Gasteiger partial charge in [0.15, 0.2) is 0 Å². The Morgan fingerprint density at radius 3 is 3.16 bits per heavy atom. The van der Waals surface area contributed by atoms with Gasteiger partial charge in [0.05, 0.1) is 18.8 Å². The molecule has 1 aliphatic heterocycles. The van der Waals surface area contributed by atoms with Crippen LogP contribution in [0, 0.1) is 18.3 Å². The first kappa shape index (κ1) is 13.5. The molecule has 102 valence electrons. The highest BCUT2D eigenvalue weighted by atomic mass is 16.6. The van der Waals surface area contributed by atoms with Crippen LogP contribution >= 0.6 is 0 Å². The number of amides is 1. The van der Waals surface area contributed by atoms with Crippen molar-refractivity contribution in [1.82, 2.24) is 14.9 Å². The van der Waals surface area contributed by atoms with Crippen LogP contribution in [0.2, 0.25) is 0 Å². The molecule has 0 aromatic carbocycles. The molecule has 0 saturated carbocycles. The first-order chi connectivity index (χ1) is 9.11. The molecule has 2 rings (SSSR count). The van der Waals surface area contributed by atoms with Crippen LogP contribution in [-0.2, 0) is 4.74 Å². The molecular weight excluding hydrogens is 242 g/mol. The van der Waals surface area contributed by atoms with Gasteiger partial charge in [0.2, 0.25) is 0 Å². The minimum atomic E-state index is -0.269. The maximum atomic E-state index is 12.0. The number of hydrogen-bond acceptors (Lipinski definition) is 3. The number of likely N-dealkylation sites (tertiary alicyclic amines) is 1. The van der Waals surface area contributed by atoms with Gasteiger partial charge in [0, 0.05) is 6.54 Å². The zero-order valence-electron chi connectivity index (χ0n) is 11.3. The van der Waals surface area contributed by atoms with Crippen molar-refractivity contribution in [1.29, 1.82) is 0 Å². The Labute approximate surface area is 113 Å². The van der Waals surface area contributed by atoms with Crippen LogP contribution in [0.5, 0.6) is 0 Å². The largest absolute Gasteiger partial charge is 0.449 e. The fourth-order valence-electron chi connectivity index (χ4n) is 2.17. The molecule has 1 aliphatic rings. The van der Waals surface area contributed by atoms with Crippen molar-refractivity contribution in [3.05, 3.63) is 17.7 Å². The van der Waals surface area contributed by atoms with Gasteiger partial charge in [-0.05, 0) is 18.8 Å². The molecule has 0 radical (unpaired) electrons. The summed E-state index contributed by atoms with van der Waals surface area (Å²) in [6.45, 7) is 5.17. The first-order valence-corrected chi connectivity index (χ1v) is 6.56. The quantitative estimate of drug-likeness (QED) is 0.849. The van der Waals surface area contributed by atoms with E-state index in [-0.39, 0.29) is 12.1 Å². The average molecular weight is 261 g/mol. The minimum absolute atomic E-state index is 0.0539. The number of imidazole rings is 1. The summed E-state index contributed by atoms with van der Waals surface area (Å²) in [5.41, 5.74) is 0.636. The maximum absolute atomic E-state index is 12.0. The zero-order chi connectivity index (χ0) is 13.8. The molecule has 0 spiro atoms. The van der Waals surface area contributed by atoms with Crippen LogP contribution in [0.25, 0.3) is 0 Å². The van der Waals surface area contributed by atoms with E-state index in [2.05, 4.69) is 15.9 Å². The van der Waals surface area contributed by atoms with Crippen LogP contribution in [0.1, 0.15) is 44.2 Å². The number of hydrogen-bond donors (Lipinski definition) is 1. The number of rotatable bonds is 3. The van der Waals surface area contributed by atoms with Crippen LogP contribution in [0.3, 0.4) is 0 Å². The third kappa shape index (κ3) is 3.08. The van der Waals surface area contributed by atoms with Gasteiger partial charge >= 0.3 is 6.09 Å². The summed E-state index contributed by atoms with van der Waals surface area (Å²) < 4.78 is 5.28. The van der Waals surface area contributed by atoms with Gasteiger partial charge in [-0.25, -0.2) is 9.78 Å². The molecule has 5 heteroatoms. The molecule has 0 bridgehead atoms. The predicted molar refractivity (Wildman–Crippen MR) is 71.4 cm³/mol. The van der Waals surface area contributed by atoms with E-state index in [4.69, 9.17) is 11.2 Å². The smallest absolute Gasteiger partial charge is 0.410 e. The van der Waals surface area contributed by atoms with Crippen LogP contribution in [0.4, 0.5) is 4.79 Å². The molecule has 5 nitrogen and oxygen atoms in total. The number of aromatic nitrogens is 2. The van der Waals surface area contributed by atoms with Crippen molar-refractivity contribution in [3.8, 4) is 12.3 Å². The molecule has 1 atom stereocenters. The highest BCUT2D eigenvalue weighted by Gasteiger charge is 2.33. The Morgan fingerprint density at radius 2 is 2.53 bits per heavy atom. The molecular formula is C14H19N3O2. The number of aromatic amines is 1. The van der Waals surface area contributed by atoms with E-state index in [9.17, 15) is 4.79 Å². The van der Waals surface area contributed by atoms with Crippen molar-refractivity contribution in [3.63, 3.8) is 0 Å². The van der Waals surface area contributed by atoms with Crippen molar-refractivity contribution >= 4 is 6.09 Å². The average Bonchev–Trinajstić information content (AvgIpc) is 3.03. The summed E-state index contributed by atoms with van der Waals surface area (Å²) >= 11 is 0. The molecule has 1 saturated heterocycles. The van der Waals surface area contributed by atoms with E-state index in [0.717, 1.165) is 18.7 Å². The second-order valence-corrected chi connectivity index (χ2v) is 5.15. The normalized spacial score (nSPS) is 18.6. The summed E-state index contributed by atoms with van der Waals surface area (Å²) in [7, 11) is 0. The maximum Gasteiger partial charge on any atom is 0.410 e. The molecule has 1 N–H and O–H groups in total. The van der Waals surface area contributed by atoms with E-state index in [0.29, 0.717) is 24.8 Å². The molecule has 0 aliphatic carbocycles. The van der Waals surface area contributed by atoms with Crippen LogP contribution in [0.15, 0.2) is 6.20 Å². The van der Waals surface area contributed by atoms with Crippen molar-refractivity contribution in [2.45, 2.75) is 32.7 Å². The minimum Gasteiger partial charge on any atom is -0.449 e. The molecule has 2 heterocycles. The number of ether oxygens (including phenoxy) is 1. The monoisotopic (exact) mass is 261 g/mol. The van der Waals surface area contributed by atoms with Gasteiger partial charge < -0.3 is 9.72 Å². The highest BCUT2D eigenvalue weighted by Crippen LogP contribution is 2.30. The lowest BCUT2D eigenvalue weighted by molar-refractivity contribution is 0.0871. The van der Waals surface area contributed by atoms with Gasteiger partial charge in [0.25, 0.3) is 0 Å². The number of terminal acetylenes is 1. The summed E-state index contributed by atoms with van der Waals surface area (Å²) in [4.78, 5) is 21.1. The molecule has 1 amide bonds. The number of nitrogens with zero attached hydrogens (tertiary/aromatic N) is 2. The fraction of sp³-hybridized carbons (Fsp3) is 0.571. The SMILES string of the molecule is C#Cc1cnc([C@@H]2CCCN2C(=O)OCC(C)C)[nH]1. The number of H-pyrrole nitrogens is 1. The van der Waals surface area contributed by atoms with Crippen LogP contribution in [-0.4, -0.2) is 34.1 Å². The number of carbonyl (C=O) groups excluding carboxylic acids is 1. The Bertz CT molecular complexity index is 487. The number of carbonyl (C=O) groups is 1. The van der Waals surface area contributed by atoms with Gasteiger partial charge in [-0.15, -0.1) is 6.42 Å². The van der Waals surface area contributed by atoms with Gasteiger partial charge in [0.1, 0.15) is 11.5 Å². The topological polar surface area (TPSA) is 58.2 Å². The second-order valence-electron chi connectivity index (χ2n) is 5.15. The van der Waals surface area contributed by atoms with E-state index in [1.807, 2.05) is 13.8 Å². The molecule has 1 aromatic heterocycles. The van der Waals surface area contributed by atoms with Gasteiger partial charge in [-0.3, -0.25) is 4.90 Å². The van der Waals surface area contributed by atoms with Crippen molar-refractivity contribution in [2.24, 2.45) is 5.92 Å². The lowest BCUT2D eigenvalue weighted by Gasteiger charge is -2.23. The lowest BCUT2D eigenvalue weighted by atomic mass is 10.2. The summed E-state index contributed by atoms with van der Waals surface area (Å²) in [5.74, 6) is 3.58. The van der Waals surface area contributed by atoms with Gasteiger partial charge in [-0.1, -0.05) is 19.8 Å². The molecule has 19 heavy (non-hydrogen) atoms. The van der Waals surface area contributed by atoms with E-state index in [1.165, 1.54) is 0 Å². The number of nitrogens with one attached hydrogen (secondary N) is 1. The zero-order valence-corrected chi connectivity index (χ0v) is 11.3. The molecule has 0 unspecified atom stereocenters. The fourth-order valence-corrected chi connectivity index (χ4v) is 2.17. The van der Waals surface area contributed by atoms with E-state index < -0.39 is 0 Å². The predicted octanol–water partition coefficient (Wildman–Crippen LogP) is 2.32. The van der Waals surface area contributed by atoms with Crippen LogP contribution < -0.4 is 0 Å². The Hall–Kier alpha value is -1.96. The second kappa shape index (κ2) is 5.79. The Morgan fingerprint density at radius 1 is 1.74 bits per heavy atom.